The molecule has 1 unspecified atom stereocenters. The number of phenols is 5. The number of aliphatic hydroxyl groups is 3. The lowest BCUT2D eigenvalue weighted by Crippen LogP contribution is -2.53. The number of benzene rings is 2. The Hall–Kier alpha value is -3.38. The highest BCUT2D eigenvalue weighted by Gasteiger charge is 2.41. The van der Waals surface area contributed by atoms with E-state index in [1.807, 2.05) is 0 Å². The Morgan fingerprint density at radius 2 is 1.52 bits per heavy atom. The zero-order valence-electron chi connectivity index (χ0n) is 15.8. The molecule has 11 heteroatoms. The third kappa shape index (κ3) is 3.75. The van der Waals surface area contributed by atoms with Crippen LogP contribution in [0.25, 0.3) is 6.08 Å². The second-order valence-electron chi connectivity index (χ2n) is 7.20. The summed E-state index contributed by atoms with van der Waals surface area (Å²) >= 11 is 0. The van der Waals surface area contributed by atoms with Crippen molar-refractivity contribution in [3.63, 3.8) is 0 Å². The molecule has 8 N–H and O–H groups in total. The summed E-state index contributed by atoms with van der Waals surface area (Å²) in [7, 11) is 0. The molecule has 0 spiro atoms. The van der Waals surface area contributed by atoms with Crippen LogP contribution in [0.4, 0.5) is 0 Å². The molecule has 11 nitrogen and oxygen atoms in total. The smallest absolute Gasteiger partial charge is 0.228 e. The van der Waals surface area contributed by atoms with E-state index in [9.17, 15) is 40.9 Å². The van der Waals surface area contributed by atoms with Crippen LogP contribution in [-0.4, -0.2) is 72.1 Å². The Morgan fingerprint density at radius 3 is 2.19 bits per heavy atom. The third-order valence-corrected chi connectivity index (χ3v) is 5.00. The second kappa shape index (κ2) is 7.71. The van der Waals surface area contributed by atoms with Gasteiger partial charge in [-0.3, -0.25) is 0 Å². The number of rotatable bonds is 3. The molecule has 2 aromatic rings. The van der Waals surface area contributed by atoms with Gasteiger partial charge in [0.25, 0.3) is 0 Å². The summed E-state index contributed by atoms with van der Waals surface area (Å²) in [6.45, 7) is -0.321. The number of aromatic hydroxyl groups is 5. The number of ether oxygens (including phenoxy) is 3. The van der Waals surface area contributed by atoms with Crippen LogP contribution in [0.5, 0.6) is 34.5 Å². The normalized spacial score (nSPS) is 27.7. The van der Waals surface area contributed by atoms with Crippen molar-refractivity contribution in [2.24, 2.45) is 0 Å². The van der Waals surface area contributed by atoms with Crippen molar-refractivity contribution in [1.82, 2.24) is 0 Å². The number of fused-ring (bicyclic) bond motifs is 1. The molecule has 1 fully saturated rings. The zero-order chi connectivity index (χ0) is 22.4. The monoisotopic (exact) mass is 436 g/mol. The first-order valence-corrected chi connectivity index (χ1v) is 9.17. The summed E-state index contributed by atoms with van der Waals surface area (Å²) < 4.78 is 16.7. The van der Waals surface area contributed by atoms with Crippen molar-refractivity contribution in [2.75, 3.05) is 6.61 Å². The van der Waals surface area contributed by atoms with E-state index in [-0.39, 0.29) is 40.7 Å². The predicted molar refractivity (Wildman–Crippen MR) is 101 cm³/mol. The van der Waals surface area contributed by atoms with Crippen molar-refractivity contribution in [3.8, 4) is 34.5 Å². The van der Waals surface area contributed by atoms with Crippen molar-refractivity contribution in [1.29, 1.82) is 0 Å². The molecule has 0 bridgehead atoms. The fourth-order valence-electron chi connectivity index (χ4n) is 3.37. The van der Waals surface area contributed by atoms with Gasteiger partial charge >= 0.3 is 0 Å². The Kier molecular flexibility index (Phi) is 5.19. The lowest BCUT2D eigenvalue weighted by Gasteiger charge is -2.37. The van der Waals surface area contributed by atoms with E-state index in [1.54, 1.807) is 0 Å². The van der Waals surface area contributed by atoms with E-state index in [1.165, 1.54) is 12.1 Å². The second-order valence-corrected chi connectivity index (χ2v) is 7.20. The number of aliphatic hydroxyl groups excluding tert-OH is 3. The molecular weight excluding hydrogens is 416 g/mol. The highest BCUT2D eigenvalue weighted by molar-refractivity contribution is 5.70. The molecule has 5 atom stereocenters. The van der Waals surface area contributed by atoms with E-state index in [4.69, 9.17) is 14.2 Å². The lowest BCUT2D eigenvalue weighted by molar-refractivity contribution is -0.261. The van der Waals surface area contributed by atoms with E-state index in [2.05, 4.69) is 0 Å². The van der Waals surface area contributed by atoms with Gasteiger partial charge in [0.1, 0.15) is 41.3 Å². The molecule has 2 aromatic carbocycles. The molecular formula is C20H20O11. The first-order valence-electron chi connectivity index (χ1n) is 9.17. The molecule has 31 heavy (non-hydrogen) atoms. The Balaban J connectivity index is 1.76. The molecule has 166 valence electrons. The van der Waals surface area contributed by atoms with Gasteiger partial charge in [-0.05, 0) is 18.2 Å². The van der Waals surface area contributed by atoms with Crippen LogP contribution >= 0.6 is 0 Å². The van der Waals surface area contributed by atoms with Gasteiger partial charge in [-0.25, -0.2) is 0 Å². The summed E-state index contributed by atoms with van der Waals surface area (Å²) in [6, 6.07) is 4.49. The van der Waals surface area contributed by atoms with Crippen molar-refractivity contribution >= 4 is 6.08 Å². The minimum Gasteiger partial charge on any atom is -0.508 e. The van der Waals surface area contributed by atoms with Gasteiger partial charge in [-0.2, -0.15) is 0 Å². The Labute approximate surface area is 174 Å². The Morgan fingerprint density at radius 1 is 0.839 bits per heavy atom. The topological polar surface area (TPSA) is 190 Å². The highest BCUT2D eigenvalue weighted by Crippen LogP contribution is 2.46. The predicted octanol–water partition coefficient (Wildman–Crippen LogP) is 0.145. The third-order valence-electron chi connectivity index (χ3n) is 5.00. The van der Waals surface area contributed by atoms with Gasteiger partial charge in [-0.1, -0.05) is 0 Å². The lowest BCUT2D eigenvalue weighted by atomic mass is 10.00. The summed E-state index contributed by atoms with van der Waals surface area (Å²) in [4.78, 5) is 0. The minimum absolute atomic E-state index is 0.0440. The molecule has 0 amide bonds. The maximum absolute atomic E-state index is 10.2. The molecule has 0 saturated carbocycles. The molecule has 4 rings (SSSR count). The summed E-state index contributed by atoms with van der Waals surface area (Å²) in [6.07, 6.45) is -5.77. The first-order chi connectivity index (χ1) is 14.7. The molecule has 0 aliphatic carbocycles. The molecule has 1 saturated heterocycles. The standard InChI is InChI=1S/C20H20O11/c21-8-3-10(22)9-5-15(31-20-18(28)17(27)13(25)6-29-20)19(30-14(9)4-8)7-1-11(23)16(26)12(24)2-7/h1-5,13,17-28H,6H2/t13-,17+,18+,19?,20+/m0/s1. The van der Waals surface area contributed by atoms with Crippen molar-refractivity contribution in [2.45, 2.75) is 30.7 Å². The van der Waals surface area contributed by atoms with Gasteiger partial charge in [0.15, 0.2) is 23.4 Å². The SMILES string of the molecule is Oc1cc(O)c2c(c1)OC(c1cc(O)c(O)c(O)c1)C(O[C@H]1OC[C@H](O)[C@@H](O)[C@H]1O)=C2. The average Bonchev–Trinajstić information content (AvgIpc) is 2.72. The fourth-order valence-corrected chi connectivity index (χ4v) is 3.37. The molecule has 2 aliphatic heterocycles. The number of hydrogen-bond acceptors (Lipinski definition) is 11. The van der Waals surface area contributed by atoms with Crippen molar-refractivity contribution in [3.05, 3.63) is 41.2 Å². The molecule has 2 heterocycles. The first kappa shape index (κ1) is 20.9. The quantitative estimate of drug-likeness (QED) is 0.306. The largest absolute Gasteiger partial charge is 0.508 e. The van der Waals surface area contributed by atoms with Gasteiger partial charge < -0.3 is 55.1 Å². The summed E-state index contributed by atoms with van der Waals surface area (Å²) in [5, 5.41) is 79.0. The fraction of sp³-hybridized carbons (Fsp3) is 0.300. The van der Waals surface area contributed by atoms with Gasteiger partial charge in [0.2, 0.25) is 6.29 Å². The van der Waals surface area contributed by atoms with Crippen LogP contribution in [0.3, 0.4) is 0 Å². The maximum Gasteiger partial charge on any atom is 0.228 e. The van der Waals surface area contributed by atoms with Crippen LogP contribution in [0.1, 0.15) is 17.2 Å². The number of hydrogen-bond donors (Lipinski definition) is 8. The van der Waals surface area contributed by atoms with Gasteiger partial charge in [0.05, 0.1) is 12.2 Å². The molecule has 2 aliphatic rings. The van der Waals surface area contributed by atoms with E-state index in [0.717, 1.165) is 18.2 Å². The van der Waals surface area contributed by atoms with Crippen LogP contribution in [0.15, 0.2) is 30.0 Å². The summed E-state index contributed by atoms with van der Waals surface area (Å²) in [5.41, 5.74) is 0.237. The molecule has 0 aromatic heterocycles. The van der Waals surface area contributed by atoms with E-state index < -0.39 is 48.0 Å². The highest BCUT2D eigenvalue weighted by atomic mass is 16.7. The van der Waals surface area contributed by atoms with E-state index in [0.29, 0.717) is 0 Å². The minimum atomic E-state index is -1.62. The molecule has 0 radical (unpaired) electrons. The average molecular weight is 436 g/mol. The van der Waals surface area contributed by atoms with Gasteiger partial charge in [0, 0.05) is 17.7 Å². The zero-order valence-corrected chi connectivity index (χ0v) is 15.8. The summed E-state index contributed by atoms with van der Waals surface area (Å²) in [5.74, 6) is -2.68. The van der Waals surface area contributed by atoms with Crippen LogP contribution in [-0.2, 0) is 9.47 Å². The van der Waals surface area contributed by atoms with Crippen molar-refractivity contribution < 1.29 is 55.1 Å². The maximum atomic E-state index is 10.2. The van der Waals surface area contributed by atoms with Crippen LogP contribution in [0.2, 0.25) is 0 Å². The number of phenolic OH excluding ortho intramolecular Hbond substituents is 5. The van der Waals surface area contributed by atoms with Gasteiger partial charge in [-0.15, -0.1) is 0 Å². The van der Waals surface area contributed by atoms with E-state index >= 15 is 0 Å². The Bertz CT molecular complexity index is 1010. The van der Waals surface area contributed by atoms with Crippen LogP contribution in [0, 0.1) is 0 Å². The van der Waals surface area contributed by atoms with Crippen LogP contribution < -0.4 is 4.74 Å².